The van der Waals surface area contributed by atoms with Gasteiger partial charge < -0.3 is 51.9 Å². The van der Waals surface area contributed by atoms with Crippen LogP contribution in [0, 0.1) is 0 Å². The lowest BCUT2D eigenvalue weighted by atomic mass is 9.83. The third-order valence-electron chi connectivity index (χ3n) is 9.81. The molecular weight excluding hydrogens is 837 g/mol. The van der Waals surface area contributed by atoms with Crippen molar-refractivity contribution in [2.75, 3.05) is 10.6 Å². The fourth-order valence-corrected chi connectivity index (χ4v) is 7.02. The molecule has 64 heavy (non-hydrogen) atoms. The first kappa shape index (κ1) is 52.6. The third kappa shape index (κ3) is 17.4. The first-order chi connectivity index (χ1) is 29.8. The Labute approximate surface area is 367 Å². The molecule has 2 aliphatic heterocycles. The average Bonchev–Trinajstić information content (AvgIpc) is 3.73. The molecule has 2 aromatic carbocycles. The van der Waals surface area contributed by atoms with Crippen LogP contribution in [0.4, 0.5) is 11.4 Å². The van der Waals surface area contributed by atoms with Gasteiger partial charge in [0, 0.05) is 85.0 Å². The van der Waals surface area contributed by atoms with E-state index in [0.29, 0.717) is 23.9 Å². The zero-order chi connectivity index (χ0) is 48.4. The van der Waals surface area contributed by atoms with E-state index < -0.39 is 35.8 Å². The van der Waals surface area contributed by atoms with Crippen molar-refractivity contribution in [3.05, 3.63) is 120 Å². The molecule has 20 heteroatoms. The number of carbonyl (C=O) groups excluding carboxylic acids is 2. The minimum Gasteiger partial charge on any atom is -0.473 e. The van der Waals surface area contributed by atoms with E-state index in [-0.39, 0.29) is 22.9 Å². The number of rotatable bonds is 6. The van der Waals surface area contributed by atoms with Gasteiger partial charge in [-0.1, -0.05) is 24.3 Å². The summed E-state index contributed by atoms with van der Waals surface area (Å²) >= 11 is 0. The van der Waals surface area contributed by atoms with Gasteiger partial charge in [-0.05, 0) is 111 Å². The maximum atomic E-state index is 11.1. The topological polar surface area (TPSA) is 332 Å². The predicted molar refractivity (Wildman–Crippen MR) is 230 cm³/mol. The molecule has 0 unspecified atom stereocenters. The number of nitrogens with one attached hydrogen (secondary N) is 4. The number of anilines is 2. The van der Waals surface area contributed by atoms with Crippen molar-refractivity contribution in [1.82, 2.24) is 20.6 Å². The van der Waals surface area contributed by atoms with Crippen LogP contribution in [0.3, 0.4) is 0 Å². The summed E-state index contributed by atoms with van der Waals surface area (Å²) in [6.45, 7) is 12.1. The molecule has 2 saturated heterocycles. The smallest absolute Gasteiger partial charge is 0.414 e. The molecule has 342 valence electrons. The maximum Gasteiger partial charge on any atom is 0.414 e. The highest BCUT2D eigenvalue weighted by molar-refractivity contribution is 6.28. The first-order valence-corrected chi connectivity index (χ1v) is 19.3. The van der Waals surface area contributed by atoms with Crippen LogP contribution in [0.2, 0.25) is 0 Å². The first-order valence-electron chi connectivity index (χ1n) is 19.3. The van der Waals surface area contributed by atoms with Gasteiger partial charge in [-0.3, -0.25) is 19.6 Å². The van der Waals surface area contributed by atoms with Gasteiger partial charge in [-0.2, -0.15) is 0 Å². The lowest BCUT2D eigenvalue weighted by Gasteiger charge is -2.27. The third-order valence-corrected chi connectivity index (χ3v) is 9.81. The molecule has 0 saturated carbocycles. The van der Waals surface area contributed by atoms with Gasteiger partial charge in [-0.25, -0.2) is 28.8 Å². The number of pyridine rings is 2. The highest BCUT2D eigenvalue weighted by atomic mass is 16.5. The normalized spacial score (nSPS) is 18.4. The second-order valence-electron chi connectivity index (χ2n) is 15.4. The van der Waals surface area contributed by atoms with E-state index in [1.807, 2.05) is 49.1 Å². The zero-order valence-electron chi connectivity index (χ0n) is 35.8. The fraction of sp³-hybridized carbons (Fsp3) is 0.318. The quantitative estimate of drug-likeness (QED) is 0.117. The Hall–Kier alpha value is -7.58. The number of hydrogen-bond acceptors (Lipinski definition) is 12. The van der Waals surface area contributed by atoms with Gasteiger partial charge in [0.1, 0.15) is 0 Å². The summed E-state index contributed by atoms with van der Waals surface area (Å²) in [5, 5.41) is 57.5. The molecule has 4 atom stereocenters. The van der Waals surface area contributed by atoms with Crippen molar-refractivity contribution in [3.8, 4) is 0 Å². The highest BCUT2D eigenvalue weighted by Crippen LogP contribution is 2.45. The summed E-state index contributed by atoms with van der Waals surface area (Å²) in [6, 6.07) is 25.3. The number of aromatic nitrogens is 2. The molecule has 0 radical (unpaired) electrons. The molecule has 2 fully saturated rings. The summed E-state index contributed by atoms with van der Waals surface area (Å²) in [7, 11) is 0. The van der Waals surface area contributed by atoms with Crippen molar-refractivity contribution in [1.29, 1.82) is 0 Å². The molecule has 4 heterocycles. The Kier molecular flexibility index (Phi) is 19.8. The predicted octanol–water partition coefficient (Wildman–Crippen LogP) is 4.74. The molecule has 0 bridgehead atoms. The lowest BCUT2D eigenvalue weighted by Crippen LogP contribution is -2.37. The number of carboxylic acid groups (broad SMARTS) is 6. The SMILES string of the molecule is CC(=O)Nc1ccc([C@@H]2C[C@H](c3ccncc3)C(C)(C)N2)cc1.CC(=O)Nc1ccc([C@@H]2C[C@H](c3ccncc3)C(C)(C)N2)cc1.O=C(O)C(=O)O.O=C(O)C(=O)O.O=C(O)C(=O)O. The number of carbonyl (C=O) groups is 8. The van der Waals surface area contributed by atoms with Crippen LogP contribution < -0.4 is 21.3 Å². The largest absolute Gasteiger partial charge is 0.473 e. The van der Waals surface area contributed by atoms with E-state index in [2.05, 4.69) is 107 Å². The van der Waals surface area contributed by atoms with Crippen molar-refractivity contribution < 1.29 is 69.0 Å². The Balaban J connectivity index is 0.000000320. The summed E-state index contributed by atoms with van der Waals surface area (Å²) in [5.41, 5.74) is 6.90. The minimum atomic E-state index is -1.82. The minimum absolute atomic E-state index is 0.0301. The number of nitrogens with zero attached hydrogens (tertiary/aromatic N) is 2. The Morgan fingerprint density at radius 2 is 0.703 bits per heavy atom. The van der Waals surface area contributed by atoms with Gasteiger partial charge in [0.2, 0.25) is 11.8 Å². The second-order valence-corrected chi connectivity index (χ2v) is 15.4. The molecule has 20 nitrogen and oxygen atoms in total. The standard InChI is InChI=1S/2C19H23N3O.3C2H2O4/c2*1-13(23)21-16-6-4-15(5-7-16)18-12-17(19(2,3)22-18)14-8-10-20-11-9-14;3*3-1(4)2(5)6/h2*4-11,17-18,22H,12H2,1-3H3,(H,21,23);3*(H,3,4)(H,5,6)/t2*17-,18+;;;/m11.../s1. The van der Waals surface area contributed by atoms with E-state index in [1.54, 1.807) is 0 Å². The Morgan fingerprint density at radius 3 is 0.922 bits per heavy atom. The molecule has 0 aliphatic carbocycles. The van der Waals surface area contributed by atoms with E-state index in [1.165, 1.54) is 36.1 Å². The van der Waals surface area contributed by atoms with Crippen LogP contribution in [0.25, 0.3) is 0 Å². The Morgan fingerprint density at radius 1 is 0.453 bits per heavy atom. The lowest BCUT2D eigenvalue weighted by molar-refractivity contribution is -0.159. The molecule has 2 aromatic heterocycles. The van der Waals surface area contributed by atoms with Crippen LogP contribution in [-0.4, -0.2) is 99.3 Å². The zero-order valence-corrected chi connectivity index (χ0v) is 35.8. The van der Waals surface area contributed by atoms with Crippen molar-refractivity contribution in [2.24, 2.45) is 0 Å². The van der Waals surface area contributed by atoms with E-state index in [0.717, 1.165) is 24.2 Å². The Bertz CT molecular complexity index is 2020. The van der Waals surface area contributed by atoms with Gasteiger partial charge in [0.15, 0.2) is 0 Å². The molecule has 0 spiro atoms. The molecular formula is C44H52N6O14. The molecule has 2 amide bonds. The van der Waals surface area contributed by atoms with E-state index >= 15 is 0 Å². The van der Waals surface area contributed by atoms with Crippen molar-refractivity contribution in [2.45, 2.75) is 89.4 Å². The fourth-order valence-electron chi connectivity index (χ4n) is 7.02. The number of amides is 2. The average molecular weight is 889 g/mol. The van der Waals surface area contributed by atoms with Crippen LogP contribution in [0.15, 0.2) is 97.6 Å². The van der Waals surface area contributed by atoms with Crippen LogP contribution in [-0.2, 0) is 38.4 Å². The van der Waals surface area contributed by atoms with Crippen LogP contribution in [0.5, 0.6) is 0 Å². The monoisotopic (exact) mass is 888 g/mol. The van der Waals surface area contributed by atoms with Gasteiger partial charge in [0.05, 0.1) is 0 Å². The maximum absolute atomic E-state index is 11.1. The van der Waals surface area contributed by atoms with Crippen LogP contribution in [0.1, 0.15) is 101 Å². The highest BCUT2D eigenvalue weighted by Gasteiger charge is 2.42. The number of aliphatic carboxylic acids is 6. The molecule has 4 aromatic rings. The number of carboxylic acids is 6. The van der Waals surface area contributed by atoms with E-state index in [4.69, 9.17) is 59.4 Å². The number of hydrogen-bond donors (Lipinski definition) is 10. The summed E-state index contributed by atoms with van der Waals surface area (Å²) in [4.78, 5) is 85.1. The summed E-state index contributed by atoms with van der Waals surface area (Å²) in [6.07, 6.45) is 9.55. The van der Waals surface area contributed by atoms with Gasteiger partial charge >= 0.3 is 35.8 Å². The van der Waals surface area contributed by atoms with Crippen molar-refractivity contribution in [3.63, 3.8) is 0 Å². The molecule has 2 aliphatic rings. The summed E-state index contributed by atoms with van der Waals surface area (Å²) < 4.78 is 0. The molecule has 10 N–H and O–H groups in total. The van der Waals surface area contributed by atoms with Gasteiger partial charge in [-0.15, -0.1) is 0 Å². The van der Waals surface area contributed by atoms with Crippen molar-refractivity contribution >= 4 is 59.0 Å². The summed E-state index contributed by atoms with van der Waals surface area (Å²) in [5.74, 6) is -10.1. The number of benzene rings is 2. The molecule has 6 rings (SSSR count). The van der Waals surface area contributed by atoms with E-state index in [9.17, 15) is 9.59 Å². The van der Waals surface area contributed by atoms with Gasteiger partial charge in [0.25, 0.3) is 0 Å². The van der Waals surface area contributed by atoms with Crippen LogP contribution >= 0.6 is 0 Å². The second kappa shape index (κ2) is 24.2.